The molecule has 1 fully saturated rings. The molecule has 2 rings (SSSR count). The molecule has 1 aromatic rings. The zero-order valence-corrected chi connectivity index (χ0v) is 18.3. The van der Waals surface area contributed by atoms with Gasteiger partial charge >= 0.3 is 8.56 Å². The molecule has 1 aromatic carbocycles. The summed E-state index contributed by atoms with van der Waals surface area (Å²) in [6, 6.07) is 11.5. The van der Waals surface area contributed by atoms with Crippen LogP contribution >= 0.6 is 0 Å². The zero-order chi connectivity index (χ0) is 19.4. The van der Waals surface area contributed by atoms with Crippen LogP contribution in [0.3, 0.4) is 0 Å². The Morgan fingerprint density at radius 3 is 2.52 bits per heavy atom. The van der Waals surface area contributed by atoms with E-state index < -0.39 is 8.56 Å². The normalized spacial score (nSPS) is 22.3. The van der Waals surface area contributed by atoms with Gasteiger partial charge in [0.25, 0.3) is 0 Å². The third-order valence-electron chi connectivity index (χ3n) is 5.89. The second-order valence-corrected chi connectivity index (χ2v) is 11.1. The van der Waals surface area contributed by atoms with Crippen molar-refractivity contribution in [2.24, 2.45) is 0 Å². The van der Waals surface area contributed by atoms with Gasteiger partial charge in [0.05, 0.1) is 0 Å². The number of benzene rings is 1. The fraction of sp³-hybridized carbons (Fsp3) is 0.636. The van der Waals surface area contributed by atoms with Gasteiger partial charge in [0, 0.05) is 27.9 Å². The minimum atomic E-state index is -2.28. The zero-order valence-electron chi connectivity index (χ0n) is 17.3. The van der Waals surface area contributed by atoms with Gasteiger partial charge in [-0.25, -0.2) is 0 Å². The van der Waals surface area contributed by atoms with Gasteiger partial charge in [-0.15, -0.1) is 0 Å². The average Bonchev–Trinajstić information content (AvgIpc) is 2.73. The Hall–Kier alpha value is -0.983. The van der Waals surface area contributed by atoms with E-state index in [1.807, 2.05) is 27.4 Å². The Morgan fingerprint density at radius 1 is 1.04 bits per heavy atom. The molecule has 1 aliphatic rings. The number of nitrogens with one attached hydrogen (secondary N) is 1. The van der Waals surface area contributed by atoms with Gasteiger partial charge in [-0.2, -0.15) is 0 Å². The van der Waals surface area contributed by atoms with Crippen molar-refractivity contribution >= 4 is 14.6 Å². The van der Waals surface area contributed by atoms with Gasteiger partial charge in [-0.05, 0) is 37.4 Å². The molecular formula is C22H37NO3Si. The fourth-order valence-electron chi connectivity index (χ4n) is 4.30. The summed E-state index contributed by atoms with van der Waals surface area (Å²) in [5.74, 6) is 0. The van der Waals surface area contributed by atoms with E-state index in [9.17, 15) is 0 Å². The summed E-state index contributed by atoms with van der Waals surface area (Å²) in [7, 11) is 3.18. The monoisotopic (exact) mass is 391 g/mol. The van der Waals surface area contributed by atoms with E-state index in [2.05, 4.69) is 41.7 Å². The number of methoxy groups -OCH3 is 1. The van der Waals surface area contributed by atoms with E-state index >= 15 is 0 Å². The van der Waals surface area contributed by atoms with E-state index in [0.29, 0.717) is 0 Å². The molecule has 1 saturated heterocycles. The van der Waals surface area contributed by atoms with Crippen LogP contribution in [0.5, 0.6) is 0 Å². The Morgan fingerprint density at radius 2 is 1.81 bits per heavy atom. The fourth-order valence-corrected chi connectivity index (χ4v) is 8.22. The van der Waals surface area contributed by atoms with Crippen LogP contribution in [-0.4, -0.2) is 48.2 Å². The van der Waals surface area contributed by atoms with Crippen molar-refractivity contribution in [2.75, 3.05) is 34.4 Å². The summed E-state index contributed by atoms with van der Waals surface area (Å²) in [5.41, 5.74) is 1.25. The van der Waals surface area contributed by atoms with Crippen LogP contribution in [0.15, 0.2) is 36.4 Å². The van der Waals surface area contributed by atoms with Crippen molar-refractivity contribution < 1.29 is 13.6 Å². The first-order valence-electron chi connectivity index (χ1n) is 10.3. The lowest BCUT2D eigenvalue weighted by Crippen LogP contribution is -2.64. The van der Waals surface area contributed by atoms with E-state index in [1.54, 1.807) is 0 Å². The van der Waals surface area contributed by atoms with Gasteiger partial charge in [0.1, 0.15) is 5.22 Å². The maximum Gasteiger partial charge on any atom is 0.370 e. The molecule has 1 N–H and O–H groups in total. The molecule has 1 aliphatic heterocycles. The lowest BCUT2D eigenvalue weighted by Gasteiger charge is -2.48. The first-order valence-corrected chi connectivity index (χ1v) is 12.3. The van der Waals surface area contributed by atoms with Crippen LogP contribution in [0.1, 0.15) is 50.5 Å². The van der Waals surface area contributed by atoms with Gasteiger partial charge in [0.2, 0.25) is 0 Å². The second kappa shape index (κ2) is 11.8. The summed E-state index contributed by atoms with van der Waals surface area (Å²) < 4.78 is 18.0. The molecule has 1 atom stereocenters. The highest BCUT2D eigenvalue weighted by Gasteiger charge is 2.58. The van der Waals surface area contributed by atoms with Crippen LogP contribution in [0, 0.1) is 0 Å². The van der Waals surface area contributed by atoms with E-state index in [-0.39, 0.29) is 5.22 Å². The smallest absolute Gasteiger partial charge is 0.370 e. The Labute approximate surface area is 166 Å². The largest absolute Gasteiger partial charge is 0.396 e. The number of rotatable bonds is 12. The van der Waals surface area contributed by atoms with Crippen LogP contribution in [0.2, 0.25) is 6.04 Å². The van der Waals surface area contributed by atoms with Crippen molar-refractivity contribution in [3.05, 3.63) is 42.0 Å². The molecule has 0 aromatic heterocycles. The van der Waals surface area contributed by atoms with Crippen molar-refractivity contribution in [2.45, 2.75) is 56.2 Å². The number of unbranched alkanes of at least 4 members (excludes halogenated alkanes) is 2. The third-order valence-corrected chi connectivity index (χ3v) is 10.3. The highest BCUT2D eigenvalue weighted by atomic mass is 28.4. The molecule has 1 heterocycles. The molecule has 5 heteroatoms. The van der Waals surface area contributed by atoms with E-state index in [4.69, 9.17) is 13.6 Å². The van der Waals surface area contributed by atoms with Gasteiger partial charge in [-0.3, -0.25) is 0 Å². The predicted octanol–water partition coefficient (Wildman–Crippen LogP) is 4.69. The lowest BCUT2D eigenvalue weighted by molar-refractivity contribution is -0.0160. The molecule has 1 unspecified atom stereocenters. The third kappa shape index (κ3) is 6.00. The van der Waals surface area contributed by atoms with E-state index in [1.165, 1.54) is 31.2 Å². The topological polar surface area (TPSA) is 39.7 Å². The summed E-state index contributed by atoms with van der Waals surface area (Å²) in [6.07, 6.45) is 12.4. The van der Waals surface area contributed by atoms with Crippen LogP contribution in [0.25, 0.3) is 6.08 Å². The molecule has 0 amide bonds. The predicted molar refractivity (Wildman–Crippen MR) is 115 cm³/mol. The molecule has 152 valence electrons. The summed E-state index contributed by atoms with van der Waals surface area (Å²) in [6.45, 7) is 1.97. The molecule has 0 bridgehead atoms. The minimum absolute atomic E-state index is 0.180. The average molecular weight is 392 g/mol. The molecule has 4 nitrogen and oxygen atoms in total. The first-order chi connectivity index (χ1) is 13.2. The van der Waals surface area contributed by atoms with Crippen LogP contribution < -0.4 is 5.32 Å². The molecule has 0 saturated carbocycles. The molecule has 0 spiro atoms. The van der Waals surface area contributed by atoms with Crippen molar-refractivity contribution in [1.82, 2.24) is 5.32 Å². The summed E-state index contributed by atoms with van der Waals surface area (Å²) in [5, 5.41) is 3.32. The first kappa shape index (κ1) is 22.3. The Balaban J connectivity index is 1.65. The summed E-state index contributed by atoms with van der Waals surface area (Å²) in [4.78, 5) is 0. The second-order valence-electron chi connectivity index (χ2n) is 7.39. The Kier molecular flexibility index (Phi) is 9.72. The summed E-state index contributed by atoms with van der Waals surface area (Å²) >= 11 is 0. The van der Waals surface area contributed by atoms with Crippen molar-refractivity contribution in [3.63, 3.8) is 0 Å². The number of hydrogen-bond acceptors (Lipinski definition) is 4. The molecule has 27 heavy (non-hydrogen) atoms. The number of ether oxygens (including phenoxy) is 1. The van der Waals surface area contributed by atoms with E-state index in [0.717, 1.165) is 38.4 Å². The quantitative estimate of drug-likeness (QED) is 0.414. The Bertz CT molecular complexity index is 548. The van der Waals surface area contributed by atoms with Crippen molar-refractivity contribution in [1.29, 1.82) is 0 Å². The molecule has 0 radical (unpaired) electrons. The highest BCUT2D eigenvalue weighted by molar-refractivity contribution is 6.70. The molecule has 0 aliphatic carbocycles. The van der Waals surface area contributed by atoms with Gasteiger partial charge in [-0.1, -0.05) is 68.2 Å². The number of hydrogen-bond donors (Lipinski definition) is 1. The standard InChI is InChI=1S/C22H37NO3Si/c1-24-22(17-9-11-20-27(22,25-2)26-3)16-8-5-10-18-23-19-12-15-21-13-6-4-7-14-21/h4,6-7,12-15,23H,5,8-11,16-20H2,1-3H3. The van der Waals surface area contributed by atoms with Crippen LogP contribution in [0.4, 0.5) is 0 Å². The molecular weight excluding hydrogens is 354 g/mol. The lowest BCUT2D eigenvalue weighted by atomic mass is 10.0. The van der Waals surface area contributed by atoms with Crippen molar-refractivity contribution in [3.8, 4) is 0 Å². The maximum absolute atomic E-state index is 6.07. The maximum atomic E-state index is 6.07. The highest BCUT2D eigenvalue weighted by Crippen LogP contribution is 2.43. The minimum Gasteiger partial charge on any atom is -0.396 e. The SMILES string of the molecule is COC1(CCCCCNCC=Cc2ccccc2)CCCC[Si]1(OC)OC. The van der Waals surface area contributed by atoms with Gasteiger partial charge < -0.3 is 18.9 Å². The van der Waals surface area contributed by atoms with Gasteiger partial charge in [0.15, 0.2) is 0 Å². The van der Waals surface area contributed by atoms with Crippen LogP contribution in [-0.2, 0) is 13.6 Å².